The van der Waals surface area contributed by atoms with Gasteiger partial charge in [0.1, 0.15) is 0 Å². The fourth-order valence-electron chi connectivity index (χ4n) is 2.23. The Kier molecular flexibility index (Phi) is 4.38. The second kappa shape index (κ2) is 5.84. The summed E-state index contributed by atoms with van der Waals surface area (Å²) in [6.07, 6.45) is -5.55. The smallest absolute Gasteiger partial charge is 0.419 e. The van der Waals surface area contributed by atoms with Crippen LogP contribution in [0.3, 0.4) is 0 Å². The third kappa shape index (κ3) is 3.31. The van der Waals surface area contributed by atoms with Crippen LogP contribution in [0.2, 0.25) is 0 Å². The molecule has 1 aliphatic heterocycles. The van der Waals surface area contributed by atoms with Gasteiger partial charge in [-0.2, -0.15) is 13.2 Å². The molecular formula is C13H13F5N2O3. The van der Waals surface area contributed by atoms with Crippen LogP contribution in [0.25, 0.3) is 0 Å². The van der Waals surface area contributed by atoms with E-state index in [1.54, 1.807) is 0 Å². The number of halogens is 5. The minimum atomic E-state index is -4.87. The maximum atomic E-state index is 13.5. The number of alkyl halides is 3. The molecule has 1 aromatic carbocycles. The highest BCUT2D eigenvalue weighted by Crippen LogP contribution is 2.37. The lowest BCUT2D eigenvalue weighted by atomic mass is 10.0. The van der Waals surface area contributed by atoms with Gasteiger partial charge in [-0.3, -0.25) is 0 Å². The zero-order valence-corrected chi connectivity index (χ0v) is 11.9. The van der Waals surface area contributed by atoms with Crippen LogP contribution in [0.1, 0.15) is 6.42 Å². The molecule has 1 heterocycles. The number of likely N-dealkylation sites (tertiary alicyclic amines) is 1. The van der Waals surface area contributed by atoms with E-state index in [1.807, 2.05) is 0 Å². The number of anilines is 1. The molecule has 23 heavy (non-hydrogen) atoms. The molecule has 5 nitrogen and oxygen atoms in total. The molecule has 1 fully saturated rings. The molecule has 0 bridgehead atoms. The van der Waals surface area contributed by atoms with E-state index in [1.165, 1.54) is 0 Å². The molecule has 0 aliphatic carbocycles. The lowest BCUT2D eigenvalue weighted by Crippen LogP contribution is -2.48. The predicted octanol–water partition coefficient (Wildman–Crippen LogP) is 2.50. The summed E-state index contributed by atoms with van der Waals surface area (Å²) in [6, 6.07) is 0.534. The van der Waals surface area contributed by atoms with Crippen molar-refractivity contribution in [1.82, 2.24) is 4.90 Å². The van der Waals surface area contributed by atoms with E-state index in [-0.39, 0.29) is 12.2 Å². The minimum Gasteiger partial charge on any atom is -0.491 e. The van der Waals surface area contributed by atoms with Crippen molar-refractivity contribution in [3.63, 3.8) is 0 Å². The van der Waals surface area contributed by atoms with Crippen LogP contribution in [0.15, 0.2) is 12.1 Å². The van der Waals surface area contributed by atoms with Gasteiger partial charge in [0, 0.05) is 30.8 Å². The molecule has 0 spiro atoms. The van der Waals surface area contributed by atoms with Gasteiger partial charge in [-0.05, 0) is 0 Å². The number of nitrogens with one attached hydrogen (secondary N) is 1. The lowest BCUT2D eigenvalue weighted by molar-refractivity contribution is -0.253. The van der Waals surface area contributed by atoms with E-state index < -0.39 is 48.2 Å². The van der Waals surface area contributed by atoms with Gasteiger partial charge in [0.15, 0.2) is 23.0 Å². The minimum absolute atomic E-state index is 0.284. The molecule has 0 saturated carbocycles. The molecule has 2 rings (SSSR count). The number of methoxy groups -OCH3 is 1. The van der Waals surface area contributed by atoms with E-state index in [2.05, 4.69) is 10.1 Å². The number of ether oxygens (including phenoxy) is 1. The van der Waals surface area contributed by atoms with Crippen molar-refractivity contribution in [3.05, 3.63) is 23.8 Å². The topological polar surface area (TPSA) is 61.8 Å². The highest BCUT2D eigenvalue weighted by molar-refractivity contribution is 5.89. The Morgan fingerprint density at radius 1 is 1.35 bits per heavy atom. The molecule has 0 radical (unpaired) electrons. The predicted molar refractivity (Wildman–Crippen MR) is 69.1 cm³/mol. The largest absolute Gasteiger partial charge is 0.491 e. The fourth-order valence-corrected chi connectivity index (χ4v) is 2.23. The summed E-state index contributed by atoms with van der Waals surface area (Å²) in [5, 5.41) is 11.6. The van der Waals surface area contributed by atoms with Crippen LogP contribution in [0.5, 0.6) is 5.75 Å². The molecule has 0 aromatic heterocycles. The lowest BCUT2D eigenvalue weighted by Gasteiger charge is -2.26. The van der Waals surface area contributed by atoms with Gasteiger partial charge >= 0.3 is 12.2 Å². The van der Waals surface area contributed by atoms with Crippen molar-refractivity contribution in [2.24, 2.45) is 0 Å². The second-order valence-corrected chi connectivity index (χ2v) is 5.10. The third-order valence-corrected chi connectivity index (χ3v) is 3.52. The molecule has 1 atom stereocenters. The van der Waals surface area contributed by atoms with Crippen LogP contribution in [0.4, 0.5) is 32.4 Å². The third-order valence-electron chi connectivity index (χ3n) is 3.52. The number of hydrogen-bond acceptors (Lipinski definition) is 3. The number of carbonyl (C=O) groups is 1. The van der Waals surface area contributed by atoms with Crippen molar-refractivity contribution in [1.29, 1.82) is 0 Å². The average molecular weight is 340 g/mol. The number of rotatable bonds is 2. The van der Waals surface area contributed by atoms with Crippen molar-refractivity contribution in [3.8, 4) is 5.75 Å². The molecule has 128 valence electrons. The molecule has 1 aliphatic rings. The maximum Gasteiger partial charge on any atom is 0.419 e. The Balaban J connectivity index is 2.09. The van der Waals surface area contributed by atoms with Gasteiger partial charge in [-0.25, -0.2) is 13.6 Å². The normalized spacial score (nSPS) is 21.4. The number of carbonyl (C=O) groups excluding carboxylic acids is 1. The van der Waals surface area contributed by atoms with Crippen LogP contribution >= 0.6 is 0 Å². The zero-order chi connectivity index (χ0) is 17.4. The van der Waals surface area contributed by atoms with E-state index >= 15 is 0 Å². The van der Waals surface area contributed by atoms with Crippen molar-refractivity contribution < 1.29 is 36.6 Å². The first kappa shape index (κ1) is 17.3. The summed E-state index contributed by atoms with van der Waals surface area (Å²) in [7, 11) is 1.06. The molecule has 1 unspecified atom stereocenters. The van der Waals surface area contributed by atoms with E-state index in [0.717, 1.165) is 19.2 Å². The van der Waals surface area contributed by atoms with Gasteiger partial charge in [-0.15, -0.1) is 0 Å². The van der Waals surface area contributed by atoms with E-state index in [9.17, 15) is 31.9 Å². The Bertz CT molecular complexity index is 599. The van der Waals surface area contributed by atoms with Crippen LogP contribution in [-0.2, 0) is 0 Å². The number of β-amino-alcohol motifs (C(OH)–C–C–N with tert-alkyl or cyclic N) is 1. The molecule has 2 amide bonds. The number of hydrogen-bond donors (Lipinski definition) is 2. The van der Waals surface area contributed by atoms with Crippen molar-refractivity contribution >= 4 is 11.7 Å². The average Bonchev–Trinajstić information content (AvgIpc) is 2.82. The first-order valence-corrected chi connectivity index (χ1v) is 6.45. The standard InChI is InChI=1S/C13H13F5N2O3/c1-23-10-8(14)4-7(5-9(10)15)19-11(21)20-3-2-12(22,6-20)13(16,17)18/h4-5,22H,2-3,6H2,1H3,(H,19,21). The van der Waals surface area contributed by atoms with E-state index in [0.29, 0.717) is 4.90 Å². The van der Waals surface area contributed by atoms with Gasteiger partial charge < -0.3 is 20.1 Å². The van der Waals surface area contributed by atoms with Crippen LogP contribution < -0.4 is 10.1 Å². The molecule has 1 aromatic rings. The monoisotopic (exact) mass is 340 g/mol. The maximum absolute atomic E-state index is 13.5. The fraction of sp³-hybridized carbons (Fsp3) is 0.462. The Hall–Kier alpha value is -2.10. The molecule has 10 heteroatoms. The quantitative estimate of drug-likeness (QED) is 0.814. The second-order valence-electron chi connectivity index (χ2n) is 5.10. The highest BCUT2D eigenvalue weighted by atomic mass is 19.4. The summed E-state index contributed by atoms with van der Waals surface area (Å²) in [4.78, 5) is 12.6. The highest BCUT2D eigenvalue weighted by Gasteiger charge is 2.57. The van der Waals surface area contributed by atoms with Gasteiger partial charge in [0.2, 0.25) is 0 Å². The number of amides is 2. The number of aliphatic hydroxyl groups is 1. The van der Waals surface area contributed by atoms with Crippen LogP contribution in [0, 0.1) is 11.6 Å². The van der Waals surface area contributed by atoms with Crippen molar-refractivity contribution in [2.45, 2.75) is 18.2 Å². The van der Waals surface area contributed by atoms with Gasteiger partial charge in [0.25, 0.3) is 0 Å². The molecular weight excluding hydrogens is 327 g/mol. The summed E-state index contributed by atoms with van der Waals surface area (Å²) in [5.74, 6) is -2.79. The zero-order valence-electron chi connectivity index (χ0n) is 11.9. The number of nitrogens with zero attached hydrogens (tertiary/aromatic N) is 1. The van der Waals surface area contributed by atoms with Gasteiger partial charge in [-0.1, -0.05) is 0 Å². The van der Waals surface area contributed by atoms with Gasteiger partial charge in [0.05, 0.1) is 13.7 Å². The van der Waals surface area contributed by atoms with Crippen molar-refractivity contribution in [2.75, 3.05) is 25.5 Å². The first-order chi connectivity index (χ1) is 10.6. The SMILES string of the molecule is COc1c(F)cc(NC(=O)N2CCC(O)(C(F)(F)F)C2)cc1F. The summed E-state index contributed by atoms with van der Waals surface area (Å²) in [6.45, 7) is -1.30. The number of benzene rings is 1. The summed E-state index contributed by atoms with van der Waals surface area (Å²) >= 11 is 0. The summed E-state index contributed by atoms with van der Waals surface area (Å²) in [5.41, 5.74) is -3.27. The first-order valence-electron chi connectivity index (χ1n) is 6.45. The van der Waals surface area contributed by atoms with Crippen LogP contribution in [-0.4, -0.2) is 48.0 Å². The molecule has 2 N–H and O–H groups in total. The van der Waals surface area contributed by atoms with E-state index in [4.69, 9.17) is 0 Å². The Morgan fingerprint density at radius 3 is 2.35 bits per heavy atom. The summed E-state index contributed by atoms with van der Waals surface area (Å²) < 4.78 is 69.5. The molecule has 1 saturated heterocycles. The number of urea groups is 1. The Labute approximate surface area is 127 Å². The Morgan fingerprint density at radius 2 is 1.91 bits per heavy atom.